The van der Waals surface area contributed by atoms with Crippen molar-refractivity contribution in [2.45, 2.75) is 38.5 Å². The Balaban J connectivity index is 1.49. The minimum atomic E-state index is 0.366. The van der Waals surface area contributed by atoms with E-state index in [1.165, 1.54) is 38.5 Å². The van der Waals surface area contributed by atoms with E-state index in [0.717, 1.165) is 39.3 Å². The van der Waals surface area contributed by atoms with Gasteiger partial charge in [-0.05, 0) is 63.6 Å². The van der Waals surface area contributed by atoms with Crippen LogP contribution in [-0.4, -0.2) is 61.5 Å². The smallest absolute Gasteiger partial charge is 0.236 e. The van der Waals surface area contributed by atoms with E-state index in [-0.39, 0.29) is 0 Å². The Labute approximate surface area is 116 Å². The standard InChI is InChI=1S/C15H27N3O/c19-14(18-9-2-1-3-10-18)12-17-11-6-15(13-17)4-7-16-8-5-15/h16H,1-13H2. The van der Waals surface area contributed by atoms with E-state index in [1.807, 2.05) is 0 Å². The number of nitrogens with one attached hydrogen (secondary N) is 1. The lowest BCUT2D eigenvalue weighted by Gasteiger charge is -2.34. The van der Waals surface area contributed by atoms with E-state index >= 15 is 0 Å². The topological polar surface area (TPSA) is 35.6 Å². The zero-order chi connectivity index (χ0) is 13.1. The third-order valence-electron chi connectivity index (χ3n) is 5.25. The van der Waals surface area contributed by atoms with Crippen molar-refractivity contribution in [3.05, 3.63) is 0 Å². The lowest BCUT2D eigenvalue weighted by Crippen LogP contribution is -2.43. The summed E-state index contributed by atoms with van der Waals surface area (Å²) >= 11 is 0. The molecule has 0 saturated carbocycles. The summed E-state index contributed by atoms with van der Waals surface area (Å²) < 4.78 is 0. The molecule has 3 heterocycles. The summed E-state index contributed by atoms with van der Waals surface area (Å²) in [4.78, 5) is 16.8. The summed E-state index contributed by atoms with van der Waals surface area (Å²) in [5, 5.41) is 3.45. The molecule has 3 rings (SSSR count). The Bertz CT molecular complexity index is 319. The van der Waals surface area contributed by atoms with E-state index < -0.39 is 0 Å². The fourth-order valence-electron chi connectivity index (χ4n) is 3.96. The molecule has 3 saturated heterocycles. The predicted octanol–water partition coefficient (Wildman–Crippen LogP) is 1.07. The number of carbonyl (C=O) groups is 1. The first kappa shape index (κ1) is 13.4. The van der Waals surface area contributed by atoms with E-state index in [9.17, 15) is 4.79 Å². The zero-order valence-electron chi connectivity index (χ0n) is 12.0. The lowest BCUT2D eigenvalue weighted by atomic mass is 9.78. The molecule has 4 nitrogen and oxygen atoms in total. The molecule has 3 aliphatic rings. The van der Waals surface area contributed by atoms with E-state index in [4.69, 9.17) is 0 Å². The number of carbonyl (C=O) groups excluding carboxylic acids is 1. The second-order valence-electron chi connectivity index (χ2n) is 6.65. The highest BCUT2D eigenvalue weighted by Crippen LogP contribution is 2.38. The molecule has 0 bridgehead atoms. The molecule has 0 aromatic heterocycles. The highest BCUT2D eigenvalue weighted by molar-refractivity contribution is 5.78. The Morgan fingerprint density at radius 2 is 1.74 bits per heavy atom. The number of nitrogens with zero attached hydrogens (tertiary/aromatic N) is 2. The van der Waals surface area contributed by atoms with Gasteiger partial charge in [-0.3, -0.25) is 9.69 Å². The normalized spacial score (nSPS) is 27.9. The van der Waals surface area contributed by atoms with E-state index in [2.05, 4.69) is 15.1 Å². The van der Waals surface area contributed by atoms with Gasteiger partial charge < -0.3 is 10.2 Å². The van der Waals surface area contributed by atoms with Crippen LogP contribution in [0.15, 0.2) is 0 Å². The Kier molecular flexibility index (Phi) is 4.08. The molecule has 0 radical (unpaired) electrons. The third-order valence-corrected chi connectivity index (χ3v) is 5.25. The average Bonchev–Trinajstić information content (AvgIpc) is 2.83. The first-order chi connectivity index (χ1) is 9.27. The van der Waals surface area contributed by atoms with Crippen LogP contribution >= 0.6 is 0 Å². The molecule has 1 spiro atoms. The van der Waals surface area contributed by atoms with Crippen molar-refractivity contribution in [2.75, 3.05) is 45.8 Å². The van der Waals surface area contributed by atoms with Crippen molar-refractivity contribution in [2.24, 2.45) is 5.41 Å². The number of amides is 1. The number of hydrogen-bond acceptors (Lipinski definition) is 3. The summed E-state index contributed by atoms with van der Waals surface area (Å²) in [6.45, 7) is 7.23. The molecule has 1 N–H and O–H groups in total. The van der Waals surface area contributed by atoms with Gasteiger partial charge in [-0.2, -0.15) is 0 Å². The van der Waals surface area contributed by atoms with Crippen LogP contribution in [0.1, 0.15) is 38.5 Å². The van der Waals surface area contributed by atoms with Gasteiger partial charge in [-0.1, -0.05) is 0 Å². The van der Waals surface area contributed by atoms with Crippen LogP contribution in [0.4, 0.5) is 0 Å². The molecule has 4 heteroatoms. The maximum Gasteiger partial charge on any atom is 0.236 e. The molecule has 19 heavy (non-hydrogen) atoms. The number of likely N-dealkylation sites (tertiary alicyclic amines) is 2. The van der Waals surface area contributed by atoms with Crippen molar-refractivity contribution in [3.8, 4) is 0 Å². The van der Waals surface area contributed by atoms with Crippen molar-refractivity contribution in [1.82, 2.24) is 15.1 Å². The van der Waals surface area contributed by atoms with Crippen LogP contribution < -0.4 is 5.32 Å². The van der Waals surface area contributed by atoms with E-state index in [1.54, 1.807) is 0 Å². The summed E-state index contributed by atoms with van der Waals surface area (Å²) in [7, 11) is 0. The van der Waals surface area contributed by atoms with Gasteiger partial charge in [0.1, 0.15) is 0 Å². The molecule has 0 atom stereocenters. The first-order valence-electron chi connectivity index (χ1n) is 7.98. The molecule has 0 aromatic carbocycles. The summed E-state index contributed by atoms with van der Waals surface area (Å²) in [6.07, 6.45) is 7.57. The maximum absolute atomic E-state index is 12.3. The van der Waals surface area contributed by atoms with Crippen LogP contribution in [0, 0.1) is 5.41 Å². The molecular formula is C15H27N3O. The number of hydrogen-bond donors (Lipinski definition) is 1. The Morgan fingerprint density at radius 1 is 1.00 bits per heavy atom. The fraction of sp³-hybridized carbons (Fsp3) is 0.933. The van der Waals surface area contributed by atoms with Gasteiger partial charge >= 0.3 is 0 Å². The van der Waals surface area contributed by atoms with Crippen molar-refractivity contribution in [1.29, 1.82) is 0 Å². The minimum Gasteiger partial charge on any atom is -0.342 e. The van der Waals surface area contributed by atoms with Crippen molar-refractivity contribution in [3.63, 3.8) is 0 Å². The van der Waals surface area contributed by atoms with Gasteiger partial charge in [0.15, 0.2) is 0 Å². The second kappa shape index (κ2) is 5.80. The van der Waals surface area contributed by atoms with Crippen LogP contribution in [0.5, 0.6) is 0 Å². The summed E-state index contributed by atoms with van der Waals surface area (Å²) in [5.74, 6) is 0.366. The van der Waals surface area contributed by atoms with Crippen LogP contribution in [0.3, 0.4) is 0 Å². The first-order valence-corrected chi connectivity index (χ1v) is 7.98. The monoisotopic (exact) mass is 265 g/mol. The predicted molar refractivity (Wildman–Crippen MR) is 76.0 cm³/mol. The van der Waals surface area contributed by atoms with Gasteiger partial charge in [0, 0.05) is 19.6 Å². The summed E-state index contributed by atoms with van der Waals surface area (Å²) in [5.41, 5.74) is 0.521. The second-order valence-corrected chi connectivity index (χ2v) is 6.65. The van der Waals surface area contributed by atoms with Crippen LogP contribution in [0.25, 0.3) is 0 Å². The minimum absolute atomic E-state index is 0.366. The van der Waals surface area contributed by atoms with Gasteiger partial charge in [0.2, 0.25) is 5.91 Å². The highest BCUT2D eigenvalue weighted by atomic mass is 16.2. The largest absolute Gasteiger partial charge is 0.342 e. The molecule has 0 aromatic rings. The SMILES string of the molecule is O=C(CN1CCC2(CCNCC2)C1)N1CCCCC1. The van der Waals surface area contributed by atoms with Crippen molar-refractivity contribution < 1.29 is 4.79 Å². The quantitative estimate of drug-likeness (QED) is 0.811. The third kappa shape index (κ3) is 3.11. The van der Waals surface area contributed by atoms with Gasteiger partial charge in [0.25, 0.3) is 0 Å². The Hall–Kier alpha value is -0.610. The Morgan fingerprint density at radius 3 is 2.47 bits per heavy atom. The average molecular weight is 265 g/mol. The molecular weight excluding hydrogens is 238 g/mol. The number of rotatable bonds is 2. The molecule has 0 aliphatic carbocycles. The lowest BCUT2D eigenvalue weighted by molar-refractivity contribution is -0.133. The molecule has 0 unspecified atom stereocenters. The van der Waals surface area contributed by atoms with E-state index in [0.29, 0.717) is 17.9 Å². The highest BCUT2D eigenvalue weighted by Gasteiger charge is 2.39. The molecule has 3 fully saturated rings. The fourth-order valence-corrected chi connectivity index (χ4v) is 3.96. The number of piperidine rings is 2. The maximum atomic E-state index is 12.3. The van der Waals surface area contributed by atoms with Gasteiger partial charge in [-0.25, -0.2) is 0 Å². The van der Waals surface area contributed by atoms with Crippen LogP contribution in [-0.2, 0) is 4.79 Å². The molecule has 108 valence electrons. The van der Waals surface area contributed by atoms with Gasteiger partial charge in [-0.15, -0.1) is 0 Å². The van der Waals surface area contributed by atoms with Crippen LogP contribution in [0.2, 0.25) is 0 Å². The van der Waals surface area contributed by atoms with Crippen molar-refractivity contribution >= 4 is 5.91 Å². The zero-order valence-corrected chi connectivity index (χ0v) is 12.0. The molecule has 1 amide bonds. The van der Waals surface area contributed by atoms with Gasteiger partial charge in [0.05, 0.1) is 6.54 Å². The summed E-state index contributed by atoms with van der Waals surface area (Å²) in [6, 6.07) is 0. The molecule has 3 aliphatic heterocycles.